The van der Waals surface area contributed by atoms with Crippen LogP contribution in [0.2, 0.25) is 0 Å². The molecule has 2 aromatic rings. The maximum atomic E-state index is 13.7. The largest absolute Gasteiger partial charge is 0.482 e. The lowest BCUT2D eigenvalue weighted by molar-refractivity contribution is -0.140. The number of carbonyl (C=O) groups excluding carboxylic acids is 2. The van der Waals surface area contributed by atoms with E-state index >= 15 is 0 Å². The summed E-state index contributed by atoms with van der Waals surface area (Å²) in [6.07, 6.45) is 2.62. The van der Waals surface area contributed by atoms with Crippen LogP contribution in [0.25, 0.3) is 0 Å². The fourth-order valence-corrected chi connectivity index (χ4v) is 5.42. The van der Waals surface area contributed by atoms with E-state index in [9.17, 15) is 18.8 Å². The van der Waals surface area contributed by atoms with Gasteiger partial charge in [0.25, 0.3) is 5.91 Å². The number of hydrogen-bond acceptors (Lipinski definition) is 4. The molecule has 2 fully saturated rings. The Morgan fingerprint density at radius 1 is 1.14 bits per heavy atom. The Morgan fingerprint density at radius 2 is 1.83 bits per heavy atom. The van der Waals surface area contributed by atoms with E-state index in [-0.39, 0.29) is 23.7 Å². The molecule has 2 heterocycles. The minimum atomic E-state index is -1.08. The number of carboxylic acids is 1. The molecule has 7 nitrogen and oxygen atoms in total. The lowest BCUT2D eigenvalue weighted by Crippen LogP contribution is -2.47. The molecule has 2 amide bonds. The fraction of sp³-hybridized carbons (Fsp3) is 0.464. The third-order valence-electron chi connectivity index (χ3n) is 7.18. The van der Waals surface area contributed by atoms with E-state index in [1.807, 2.05) is 4.90 Å². The lowest BCUT2D eigenvalue weighted by atomic mass is 9.75. The van der Waals surface area contributed by atoms with Gasteiger partial charge in [-0.2, -0.15) is 0 Å². The zero-order chi connectivity index (χ0) is 25.9. The zero-order valence-corrected chi connectivity index (χ0v) is 20.8. The van der Waals surface area contributed by atoms with Crippen LogP contribution in [0.3, 0.4) is 0 Å². The van der Waals surface area contributed by atoms with Crippen LogP contribution in [0.5, 0.6) is 5.75 Å². The molecule has 4 rings (SSSR count). The maximum Gasteiger partial charge on any atom is 0.341 e. The highest BCUT2D eigenvalue weighted by Crippen LogP contribution is 2.45. The van der Waals surface area contributed by atoms with Gasteiger partial charge in [0.15, 0.2) is 6.61 Å². The molecule has 2 aliphatic rings. The zero-order valence-electron chi connectivity index (χ0n) is 20.8. The predicted molar refractivity (Wildman–Crippen MR) is 132 cm³/mol. The minimum Gasteiger partial charge on any atom is -0.482 e. The number of carboxylic acid groups (broad SMARTS) is 1. The van der Waals surface area contributed by atoms with Gasteiger partial charge in [0.2, 0.25) is 5.91 Å². The standard InChI is InChI=1S/C28H33FN2O5/c1-19(2)17-31-23(14-20-6-8-22(29)9-7-20)16-28(27(31)35)10-12-30(13-11-28)26(34)21-4-3-5-24(15-21)36-18-25(32)33/h3-9,15,19,23H,10-14,16-18H2,1-2H3,(H,32,33)/t23-/m1/s1. The highest BCUT2D eigenvalue weighted by Gasteiger charge is 2.52. The molecule has 0 aliphatic carbocycles. The van der Waals surface area contributed by atoms with Crippen molar-refractivity contribution in [2.24, 2.45) is 11.3 Å². The number of rotatable bonds is 8. The summed E-state index contributed by atoms with van der Waals surface area (Å²) >= 11 is 0. The Bertz CT molecular complexity index is 1110. The van der Waals surface area contributed by atoms with Gasteiger partial charge in [0.1, 0.15) is 11.6 Å². The predicted octanol–water partition coefficient (Wildman–Crippen LogP) is 4.01. The number of halogens is 1. The number of nitrogens with zero attached hydrogens (tertiary/aromatic N) is 2. The number of ether oxygens (including phenoxy) is 1. The van der Waals surface area contributed by atoms with E-state index in [2.05, 4.69) is 13.8 Å². The van der Waals surface area contributed by atoms with Crippen molar-refractivity contribution in [2.45, 2.75) is 45.6 Å². The van der Waals surface area contributed by atoms with Gasteiger partial charge in [0.05, 0.1) is 5.41 Å². The van der Waals surface area contributed by atoms with Crippen molar-refractivity contribution in [2.75, 3.05) is 26.2 Å². The number of amides is 2. The average molecular weight is 497 g/mol. The second-order valence-electron chi connectivity index (χ2n) is 10.3. The number of benzene rings is 2. The maximum absolute atomic E-state index is 13.7. The van der Waals surface area contributed by atoms with E-state index in [0.717, 1.165) is 12.0 Å². The van der Waals surface area contributed by atoms with E-state index in [1.165, 1.54) is 12.1 Å². The van der Waals surface area contributed by atoms with Gasteiger partial charge in [-0.05, 0) is 67.5 Å². The molecule has 1 spiro atoms. The van der Waals surface area contributed by atoms with Crippen LogP contribution in [0.15, 0.2) is 48.5 Å². The van der Waals surface area contributed by atoms with Crippen molar-refractivity contribution >= 4 is 17.8 Å². The smallest absolute Gasteiger partial charge is 0.341 e. The molecule has 1 atom stereocenters. The van der Waals surface area contributed by atoms with Gasteiger partial charge in [-0.1, -0.05) is 32.0 Å². The molecule has 0 radical (unpaired) electrons. The normalized spacial score (nSPS) is 19.2. The summed E-state index contributed by atoms with van der Waals surface area (Å²) < 4.78 is 18.6. The van der Waals surface area contributed by atoms with Crippen LogP contribution in [-0.2, 0) is 16.0 Å². The second kappa shape index (κ2) is 10.7. The number of aliphatic carboxylic acids is 1. The summed E-state index contributed by atoms with van der Waals surface area (Å²) in [7, 11) is 0. The number of piperidine rings is 1. The van der Waals surface area contributed by atoms with Crippen molar-refractivity contribution in [3.05, 3.63) is 65.5 Å². The molecule has 1 N–H and O–H groups in total. The Labute approximate surface area is 210 Å². The summed E-state index contributed by atoms with van der Waals surface area (Å²) in [6, 6.07) is 13.1. The highest BCUT2D eigenvalue weighted by molar-refractivity contribution is 5.95. The molecule has 0 bridgehead atoms. The first kappa shape index (κ1) is 25.7. The van der Waals surface area contributed by atoms with Crippen molar-refractivity contribution in [1.29, 1.82) is 0 Å². The number of carbonyl (C=O) groups is 3. The molecule has 192 valence electrons. The van der Waals surface area contributed by atoms with Crippen LogP contribution in [0.4, 0.5) is 4.39 Å². The Kier molecular flexibility index (Phi) is 7.62. The summed E-state index contributed by atoms with van der Waals surface area (Å²) in [5.41, 5.74) is 0.961. The van der Waals surface area contributed by atoms with Gasteiger partial charge in [-0.3, -0.25) is 9.59 Å². The second-order valence-corrected chi connectivity index (χ2v) is 10.3. The molecule has 2 saturated heterocycles. The van der Waals surface area contributed by atoms with Gasteiger partial charge in [-0.25, -0.2) is 9.18 Å². The molecule has 0 saturated carbocycles. The van der Waals surface area contributed by atoms with Gasteiger partial charge >= 0.3 is 5.97 Å². The monoisotopic (exact) mass is 496 g/mol. The third kappa shape index (κ3) is 5.69. The Morgan fingerprint density at radius 3 is 2.47 bits per heavy atom. The van der Waals surface area contributed by atoms with Crippen molar-refractivity contribution in [1.82, 2.24) is 9.80 Å². The first-order valence-corrected chi connectivity index (χ1v) is 12.5. The van der Waals surface area contributed by atoms with Gasteiger partial charge in [-0.15, -0.1) is 0 Å². The third-order valence-corrected chi connectivity index (χ3v) is 7.18. The van der Waals surface area contributed by atoms with E-state index in [0.29, 0.717) is 56.1 Å². The number of likely N-dealkylation sites (tertiary alicyclic amines) is 2. The molecule has 0 aromatic heterocycles. The van der Waals surface area contributed by atoms with Crippen LogP contribution >= 0.6 is 0 Å². The fourth-order valence-electron chi connectivity index (χ4n) is 5.42. The average Bonchev–Trinajstić information content (AvgIpc) is 3.09. The minimum absolute atomic E-state index is 0.0516. The molecule has 0 unspecified atom stereocenters. The molecule has 36 heavy (non-hydrogen) atoms. The Hall–Kier alpha value is -3.42. The summed E-state index contributed by atoms with van der Waals surface area (Å²) in [5, 5.41) is 8.81. The van der Waals surface area contributed by atoms with Crippen LogP contribution in [0, 0.1) is 17.2 Å². The molecule has 2 aliphatic heterocycles. The lowest BCUT2D eigenvalue weighted by Gasteiger charge is -2.38. The Balaban J connectivity index is 1.44. The molecule has 2 aromatic carbocycles. The molecular weight excluding hydrogens is 463 g/mol. The van der Waals surface area contributed by atoms with Gasteiger partial charge < -0.3 is 19.6 Å². The highest BCUT2D eigenvalue weighted by atomic mass is 19.1. The van der Waals surface area contributed by atoms with Crippen LogP contribution in [-0.4, -0.2) is 65.0 Å². The number of hydrogen-bond donors (Lipinski definition) is 1. The van der Waals surface area contributed by atoms with Crippen LogP contribution in [0.1, 0.15) is 49.0 Å². The van der Waals surface area contributed by atoms with Crippen molar-refractivity contribution < 1.29 is 28.6 Å². The first-order valence-electron chi connectivity index (χ1n) is 12.5. The van der Waals surface area contributed by atoms with E-state index in [4.69, 9.17) is 9.84 Å². The van der Waals surface area contributed by atoms with E-state index in [1.54, 1.807) is 41.3 Å². The quantitative estimate of drug-likeness (QED) is 0.597. The summed E-state index contributed by atoms with van der Waals surface area (Å²) in [4.78, 5) is 41.4. The first-order chi connectivity index (χ1) is 17.2. The topological polar surface area (TPSA) is 87.2 Å². The SMILES string of the molecule is CC(C)CN1C(=O)C2(CCN(C(=O)c3cccc(OCC(=O)O)c3)CC2)C[C@H]1Cc1ccc(F)cc1. The molecular formula is C28H33FN2O5. The van der Waals surface area contributed by atoms with E-state index < -0.39 is 18.0 Å². The van der Waals surface area contributed by atoms with Gasteiger partial charge in [0, 0.05) is 31.2 Å². The van der Waals surface area contributed by atoms with Crippen molar-refractivity contribution in [3.63, 3.8) is 0 Å². The van der Waals surface area contributed by atoms with Crippen LogP contribution < -0.4 is 4.74 Å². The summed E-state index contributed by atoms with van der Waals surface area (Å²) in [6.45, 7) is 5.36. The summed E-state index contributed by atoms with van der Waals surface area (Å²) in [5.74, 6) is -0.684. The van der Waals surface area contributed by atoms with Crippen molar-refractivity contribution in [3.8, 4) is 5.75 Å². The molecule has 8 heteroatoms.